The lowest BCUT2D eigenvalue weighted by Crippen LogP contribution is -2.37. The molecule has 1 fully saturated rings. The van der Waals surface area contributed by atoms with Gasteiger partial charge < -0.3 is 10.1 Å². The average Bonchev–Trinajstić information content (AvgIpc) is 2.37. The minimum atomic E-state index is -0.373. The Morgan fingerprint density at radius 3 is 2.76 bits per heavy atom. The summed E-state index contributed by atoms with van der Waals surface area (Å²) in [6.45, 7) is 2.08. The number of hydrogen-bond donors (Lipinski definition) is 1. The normalized spacial score (nSPS) is 18.4. The SMILES string of the molecule is CCC[C@@H](C#N)NC(=O)COC1CCCCC1. The fourth-order valence-corrected chi connectivity index (χ4v) is 2.12. The summed E-state index contributed by atoms with van der Waals surface area (Å²) < 4.78 is 5.55. The molecule has 0 aliphatic heterocycles. The fraction of sp³-hybridized carbons (Fsp3) is 0.846. The van der Waals surface area contributed by atoms with Gasteiger partial charge in [-0.3, -0.25) is 4.79 Å². The van der Waals surface area contributed by atoms with E-state index in [1.54, 1.807) is 0 Å². The molecule has 96 valence electrons. The van der Waals surface area contributed by atoms with Gasteiger partial charge in [0.1, 0.15) is 12.6 Å². The van der Waals surface area contributed by atoms with Crippen molar-refractivity contribution in [3.63, 3.8) is 0 Å². The Morgan fingerprint density at radius 2 is 2.18 bits per heavy atom. The monoisotopic (exact) mass is 238 g/mol. The maximum atomic E-state index is 11.5. The molecular formula is C13H22N2O2. The van der Waals surface area contributed by atoms with E-state index in [1.807, 2.05) is 6.92 Å². The summed E-state index contributed by atoms with van der Waals surface area (Å²) in [5.74, 6) is -0.171. The van der Waals surface area contributed by atoms with Gasteiger partial charge in [-0.05, 0) is 19.3 Å². The smallest absolute Gasteiger partial charge is 0.247 e. The molecule has 4 heteroatoms. The van der Waals surface area contributed by atoms with Crippen LogP contribution in [0.15, 0.2) is 0 Å². The number of nitriles is 1. The largest absolute Gasteiger partial charge is 0.368 e. The number of amides is 1. The summed E-state index contributed by atoms with van der Waals surface area (Å²) in [6, 6.07) is 1.71. The molecule has 0 aromatic heterocycles. The molecular weight excluding hydrogens is 216 g/mol. The van der Waals surface area contributed by atoms with Crippen LogP contribution >= 0.6 is 0 Å². The summed E-state index contributed by atoms with van der Waals surface area (Å²) in [4.78, 5) is 11.5. The summed E-state index contributed by atoms with van der Waals surface area (Å²) in [7, 11) is 0. The molecule has 17 heavy (non-hydrogen) atoms. The molecule has 1 saturated carbocycles. The highest BCUT2D eigenvalue weighted by molar-refractivity contribution is 5.77. The van der Waals surface area contributed by atoms with E-state index in [2.05, 4.69) is 11.4 Å². The highest BCUT2D eigenvalue weighted by Gasteiger charge is 2.16. The van der Waals surface area contributed by atoms with Gasteiger partial charge in [-0.15, -0.1) is 0 Å². The van der Waals surface area contributed by atoms with Gasteiger partial charge in [0.25, 0.3) is 0 Å². The lowest BCUT2D eigenvalue weighted by molar-refractivity contribution is -0.128. The minimum absolute atomic E-state index is 0.0898. The Bertz CT molecular complexity index is 267. The molecule has 0 heterocycles. The second kappa shape index (κ2) is 8.08. The van der Waals surface area contributed by atoms with Crippen LogP contribution in [0.3, 0.4) is 0 Å². The van der Waals surface area contributed by atoms with E-state index < -0.39 is 0 Å². The summed E-state index contributed by atoms with van der Waals surface area (Å²) in [5, 5.41) is 11.5. The highest BCUT2D eigenvalue weighted by Crippen LogP contribution is 2.19. The van der Waals surface area contributed by atoms with Gasteiger partial charge in [0.05, 0.1) is 12.2 Å². The molecule has 1 N–H and O–H groups in total. The van der Waals surface area contributed by atoms with Crippen LogP contribution in [-0.4, -0.2) is 24.7 Å². The van der Waals surface area contributed by atoms with Gasteiger partial charge >= 0.3 is 0 Å². The first-order valence-electron chi connectivity index (χ1n) is 6.56. The fourth-order valence-electron chi connectivity index (χ4n) is 2.12. The number of hydrogen-bond acceptors (Lipinski definition) is 3. The summed E-state index contributed by atoms with van der Waals surface area (Å²) >= 11 is 0. The van der Waals surface area contributed by atoms with Crippen LogP contribution in [0.5, 0.6) is 0 Å². The number of carbonyl (C=O) groups excluding carboxylic acids is 1. The van der Waals surface area contributed by atoms with Crippen molar-refractivity contribution in [2.75, 3.05) is 6.61 Å². The topological polar surface area (TPSA) is 62.1 Å². The maximum Gasteiger partial charge on any atom is 0.247 e. The van der Waals surface area contributed by atoms with E-state index in [0.29, 0.717) is 6.42 Å². The van der Waals surface area contributed by atoms with Crippen molar-refractivity contribution in [2.24, 2.45) is 0 Å². The average molecular weight is 238 g/mol. The van der Waals surface area contributed by atoms with E-state index in [-0.39, 0.29) is 24.7 Å². The Morgan fingerprint density at radius 1 is 1.47 bits per heavy atom. The summed E-state index contributed by atoms with van der Waals surface area (Å²) in [6.07, 6.45) is 7.62. The molecule has 4 nitrogen and oxygen atoms in total. The van der Waals surface area contributed by atoms with Gasteiger partial charge in [0.2, 0.25) is 5.91 Å². The lowest BCUT2D eigenvalue weighted by atomic mass is 9.98. The third-order valence-corrected chi connectivity index (χ3v) is 3.07. The van der Waals surface area contributed by atoms with E-state index >= 15 is 0 Å². The number of rotatable bonds is 6. The predicted octanol–water partition coefficient (Wildman–Crippen LogP) is 2.14. The van der Waals surface area contributed by atoms with Crippen molar-refractivity contribution in [1.82, 2.24) is 5.32 Å². The molecule has 1 amide bonds. The van der Waals surface area contributed by atoms with Gasteiger partial charge in [-0.25, -0.2) is 0 Å². The van der Waals surface area contributed by atoms with Crippen LogP contribution < -0.4 is 5.32 Å². The molecule has 1 aliphatic rings. The van der Waals surface area contributed by atoms with Gasteiger partial charge in [0.15, 0.2) is 0 Å². The molecule has 0 bridgehead atoms. The number of nitrogens with one attached hydrogen (secondary N) is 1. The predicted molar refractivity (Wildman–Crippen MR) is 65.3 cm³/mol. The van der Waals surface area contributed by atoms with Crippen molar-refractivity contribution < 1.29 is 9.53 Å². The van der Waals surface area contributed by atoms with Crippen LogP contribution in [0.1, 0.15) is 51.9 Å². The zero-order valence-corrected chi connectivity index (χ0v) is 10.6. The van der Waals surface area contributed by atoms with E-state index in [9.17, 15) is 4.79 Å². The van der Waals surface area contributed by atoms with Crippen LogP contribution in [0.4, 0.5) is 0 Å². The van der Waals surface area contributed by atoms with Gasteiger partial charge in [-0.2, -0.15) is 5.26 Å². The Kier molecular flexibility index (Phi) is 6.64. The highest BCUT2D eigenvalue weighted by atomic mass is 16.5. The van der Waals surface area contributed by atoms with Gasteiger partial charge in [-0.1, -0.05) is 32.6 Å². The van der Waals surface area contributed by atoms with E-state index in [1.165, 1.54) is 19.3 Å². The van der Waals surface area contributed by atoms with Crippen LogP contribution in [0.25, 0.3) is 0 Å². The van der Waals surface area contributed by atoms with Crippen LogP contribution in [0, 0.1) is 11.3 Å². The third kappa shape index (κ3) is 5.69. The van der Waals surface area contributed by atoms with Crippen molar-refractivity contribution >= 4 is 5.91 Å². The minimum Gasteiger partial charge on any atom is -0.368 e. The molecule has 0 aromatic rings. The van der Waals surface area contributed by atoms with Crippen molar-refractivity contribution in [1.29, 1.82) is 5.26 Å². The molecule has 0 unspecified atom stereocenters. The standard InChI is InChI=1S/C13H22N2O2/c1-2-6-11(9-14)15-13(16)10-17-12-7-4-3-5-8-12/h11-12H,2-8,10H2,1H3,(H,15,16)/t11-/m0/s1. The number of nitrogens with zero attached hydrogens (tertiary/aromatic N) is 1. The van der Waals surface area contributed by atoms with Crippen LogP contribution in [-0.2, 0) is 9.53 Å². The zero-order chi connectivity index (χ0) is 12.5. The lowest BCUT2D eigenvalue weighted by Gasteiger charge is -2.22. The molecule has 0 spiro atoms. The van der Waals surface area contributed by atoms with Crippen molar-refractivity contribution in [2.45, 2.75) is 64.0 Å². The molecule has 0 radical (unpaired) electrons. The zero-order valence-electron chi connectivity index (χ0n) is 10.6. The van der Waals surface area contributed by atoms with Crippen LogP contribution in [0.2, 0.25) is 0 Å². The van der Waals surface area contributed by atoms with E-state index in [4.69, 9.17) is 10.00 Å². The first-order valence-corrected chi connectivity index (χ1v) is 6.56. The number of carbonyl (C=O) groups is 1. The Labute approximate surface area is 103 Å². The Balaban J connectivity index is 2.17. The first-order chi connectivity index (χ1) is 8.26. The molecule has 0 aromatic carbocycles. The molecule has 1 atom stereocenters. The maximum absolute atomic E-state index is 11.5. The quantitative estimate of drug-likeness (QED) is 0.771. The third-order valence-electron chi connectivity index (χ3n) is 3.07. The van der Waals surface area contributed by atoms with Gasteiger partial charge in [0, 0.05) is 0 Å². The molecule has 0 saturated heterocycles. The van der Waals surface area contributed by atoms with Crippen molar-refractivity contribution in [3.05, 3.63) is 0 Å². The second-order valence-electron chi connectivity index (χ2n) is 4.61. The first kappa shape index (κ1) is 14.0. The van der Waals surface area contributed by atoms with E-state index in [0.717, 1.165) is 19.3 Å². The molecule has 1 rings (SSSR count). The molecule has 1 aliphatic carbocycles. The summed E-state index contributed by atoms with van der Waals surface area (Å²) in [5.41, 5.74) is 0. The second-order valence-corrected chi connectivity index (χ2v) is 4.61. The van der Waals surface area contributed by atoms with Crippen molar-refractivity contribution in [3.8, 4) is 6.07 Å². The number of ether oxygens (including phenoxy) is 1. The Hall–Kier alpha value is -1.08.